The molecular formula is C26H30N2O8. The lowest BCUT2D eigenvalue weighted by molar-refractivity contribution is -0.146. The maximum absolute atomic E-state index is 13.1. The molecule has 1 aliphatic carbocycles. The Morgan fingerprint density at radius 1 is 0.639 bits per heavy atom. The van der Waals surface area contributed by atoms with Gasteiger partial charge < -0.3 is 20.4 Å². The molecule has 0 radical (unpaired) electrons. The van der Waals surface area contributed by atoms with E-state index in [0.717, 1.165) is 24.0 Å². The van der Waals surface area contributed by atoms with Crippen LogP contribution in [0.4, 0.5) is 0 Å². The summed E-state index contributed by atoms with van der Waals surface area (Å²) in [5.41, 5.74) is 2.11. The molecule has 10 nitrogen and oxygen atoms in total. The number of benzene rings is 2. The Morgan fingerprint density at radius 3 is 1.44 bits per heavy atom. The van der Waals surface area contributed by atoms with Crippen LogP contribution in [0, 0.1) is 0 Å². The zero-order chi connectivity index (χ0) is 26.2. The van der Waals surface area contributed by atoms with E-state index in [4.69, 9.17) is 0 Å². The lowest BCUT2D eigenvalue weighted by Gasteiger charge is -2.43. The van der Waals surface area contributed by atoms with E-state index in [2.05, 4.69) is 0 Å². The molecule has 1 fully saturated rings. The van der Waals surface area contributed by atoms with Crippen molar-refractivity contribution in [3.63, 3.8) is 0 Å². The van der Waals surface area contributed by atoms with E-state index >= 15 is 0 Å². The predicted octanol–water partition coefficient (Wildman–Crippen LogP) is 2.41. The van der Waals surface area contributed by atoms with Crippen molar-refractivity contribution in [3.8, 4) is 16.9 Å². The second-order valence-electron chi connectivity index (χ2n) is 8.96. The van der Waals surface area contributed by atoms with Crippen molar-refractivity contribution in [2.45, 2.75) is 37.8 Å². The summed E-state index contributed by atoms with van der Waals surface area (Å²) in [6.07, 6.45) is 2.56. The SMILES string of the molecule is O=C(O)CN(CC(=O)O)C1CCCCC1N(CC(=O)O)CC(=O)c1ccc(-c2ccc(O)cc2)cc1. The first-order chi connectivity index (χ1) is 17.1. The second-order valence-corrected chi connectivity index (χ2v) is 8.96. The maximum Gasteiger partial charge on any atom is 0.317 e. The van der Waals surface area contributed by atoms with Gasteiger partial charge in [0.15, 0.2) is 5.78 Å². The highest BCUT2D eigenvalue weighted by molar-refractivity contribution is 5.98. The molecular weight excluding hydrogens is 468 g/mol. The first kappa shape index (κ1) is 26.8. The summed E-state index contributed by atoms with van der Waals surface area (Å²) in [5.74, 6) is -3.61. The largest absolute Gasteiger partial charge is 0.508 e. The van der Waals surface area contributed by atoms with Crippen LogP contribution in [0.2, 0.25) is 0 Å². The van der Waals surface area contributed by atoms with Crippen LogP contribution in [0.25, 0.3) is 11.1 Å². The molecule has 2 unspecified atom stereocenters. The molecule has 2 aromatic rings. The number of phenolic OH excluding ortho intramolecular Hbond substituents is 1. The van der Waals surface area contributed by atoms with Gasteiger partial charge in [-0.25, -0.2) is 0 Å². The number of carboxylic acid groups (broad SMARTS) is 3. The fraction of sp³-hybridized carbons (Fsp3) is 0.385. The van der Waals surface area contributed by atoms with Gasteiger partial charge in [-0.15, -0.1) is 0 Å². The van der Waals surface area contributed by atoms with Crippen LogP contribution in [-0.4, -0.2) is 92.2 Å². The molecule has 0 spiro atoms. The van der Waals surface area contributed by atoms with Crippen LogP contribution in [0.15, 0.2) is 48.5 Å². The topological polar surface area (TPSA) is 156 Å². The molecule has 3 rings (SSSR count). The Balaban J connectivity index is 1.80. The van der Waals surface area contributed by atoms with Gasteiger partial charge in [0.1, 0.15) is 5.75 Å². The van der Waals surface area contributed by atoms with Gasteiger partial charge in [-0.05, 0) is 36.1 Å². The van der Waals surface area contributed by atoms with Crippen LogP contribution in [0.5, 0.6) is 5.75 Å². The highest BCUT2D eigenvalue weighted by Gasteiger charge is 2.37. The maximum atomic E-state index is 13.1. The molecule has 1 saturated carbocycles. The number of rotatable bonds is 12. The zero-order valence-corrected chi connectivity index (χ0v) is 19.7. The monoisotopic (exact) mass is 498 g/mol. The van der Waals surface area contributed by atoms with Crippen molar-refractivity contribution in [1.82, 2.24) is 9.80 Å². The molecule has 1 aliphatic rings. The summed E-state index contributed by atoms with van der Waals surface area (Å²) in [6.45, 7) is -1.59. The molecule has 0 bridgehead atoms. The third kappa shape index (κ3) is 7.37. The number of ketones is 1. The molecule has 0 amide bonds. The summed E-state index contributed by atoms with van der Waals surface area (Å²) in [7, 11) is 0. The highest BCUT2D eigenvalue weighted by Crippen LogP contribution is 2.28. The Bertz CT molecular complexity index is 1070. The molecule has 192 valence electrons. The summed E-state index contributed by atoms with van der Waals surface area (Å²) in [4.78, 5) is 50.4. The van der Waals surface area contributed by atoms with Gasteiger partial charge in [0.2, 0.25) is 0 Å². The smallest absolute Gasteiger partial charge is 0.317 e. The molecule has 0 aliphatic heterocycles. The normalized spacial score (nSPS) is 17.7. The number of phenols is 1. The minimum atomic E-state index is -1.17. The van der Waals surface area contributed by atoms with Crippen LogP contribution >= 0.6 is 0 Å². The summed E-state index contributed by atoms with van der Waals surface area (Å²) >= 11 is 0. The number of Topliss-reactive ketones (excluding diaryl/α,β-unsaturated/α-hetero) is 1. The van der Waals surface area contributed by atoms with Gasteiger partial charge in [0, 0.05) is 17.6 Å². The fourth-order valence-corrected chi connectivity index (χ4v) is 4.82. The molecule has 4 N–H and O–H groups in total. The Morgan fingerprint density at radius 2 is 1.03 bits per heavy atom. The van der Waals surface area contributed by atoms with Gasteiger partial charge in [0.25, 0.3) is 0 Å². The van der Waals surface area contributed by atoms with Gasteiger partial charge in [0.05, 0.1) is 26.2 Å². The summed E-state index contributed by atoms with van der Waals surface area (Å²) < 4.78 is 0. The number of hydrogen-bond donors (Lipinski definition) is 4. The van der Waals surface area contributed by atoms with Crippen molar-refractivity contribution in [1.29, 1.82) is 0 Å². The third-order valence-corrected chi connectivity index (χ3v) is 6.40. The van der Waals surface area contributed by atoms with Crippen molar-refractivity contribution < 1.29 is 39.6 Å². The minimum Gasteiger partial charge on any atom is -0.508 e. The third-order valence-electron chi connectivity index (χ3n) is 6.40. The van der Waals surface area contributed by atoms with Crippen molar-refractivity contribution in [2.75, 3.05) is 26.2 Å². The number of nitrogens with zero attached hydrogens (tertiary/aromatic N) is 2. The number of hydrogen-bond acceptors (Lipinski definition) is 7. The highest BCUT2D eigenvalue weighted by atomic mass is 16.4. The molecule has 2 aromatic carbocycles. The molecule has 10 heteroatoms. The van der Waals surface area contributed by atoms with Crippen LogP contribution < -0.4 is 0 Å². The number of carboxylic acids is 3. The van der Waals surface area contributed by atoms with E-state index in [1.807, 2.05) is 0 Å². The Kier molecular flexibility index (Phi) is 9.15. The van der Waals surface area contributed by atoms with Gasteiger partial charge >= 0.3 is 17.9 Å². The molecule has 0 aromatic heterocycles. The van der Waals surface area contributed by atoms with E-state index in [1.54, 1.807) is 48.5 Å². The van der Waals surface area contributed by atoms with E-state index in [-0.39, 0.29) is 18.1 Å². The first-order valence-electron chi connectivity index (χ1n) is 11.7. The first-order valence-corrected chi connectivity index (χ1v) is 11.7. The summed E-state index contributed by atoms with van der Waals surface area (Å²) in [6, 6.07) is 12.5. The second kappa shape index (κ2) is 12.3. The number of carbonyl (C=O) groups excluding carboxylic acids is 1. The van der Waals surface area contributed by atoms with Crippen molar-refractivity contribution in [3.05, 3.63) is 54.1 Å². The van der Waals surface area contributed by atoms with Crippen molar-refractivity contribution in [2.24, 2.45) is 0 Å². The van der Waals surface area contributed by atoms with Gasteiger partial charge in [-0.1, -0.05) is 49.2 Å². The van der Waals surface area contributed by atoms with E-state index in [1.165, 1.54) is 9.80 Å². The number of aliphatic carboxylic acids is 3. The van der Waals surface area contributed by atoms with Crippen LogP contribution in [0.1, 0.15) is 36.0 Å². The van der Waals surface area contributed by atoms with E-state index in [0.29, 0.717) is 18.4 Å². The molecule has 2 atom stereocenters. The Labute approximate surface area is 208 Å². The molecule has 36 heavy (non-hydrogen) atoms. The average Bonchev–Trinajstić information content (AvgIpc) is 2.83. The van der Waals surface area contributed by atoms with E-state index < -0.39 is 49.6 Å². The zero-order valence-electron chi connectivity index (χ0n) is 19.7. The van der Waals surface area contributed by atoms with Gasteiger partial charge in [-0.2, -0.15) is 0 Å². The fourth-order valence-electron chi connectivity index (χ4n) is 4.82. The standard InChI is InChI=1S/C26H30N2O8/c29-20-11-9-18(10-12-20)17-5-7-19(8-6-17)23(30)13-27(14-24(31)32)21-3-1-2-4-22(21)28(15-25(33)34)16-26(35)36/h5-12,21-22,29H,1-4,13-16H2,(H,31,32)(H,33,34)(H,35,36). The molecule has 0 saturated heterocycles. The number of aromatic hydroxyl groups is 1. The lowest BCUT2D eigenvalue weighted by Crippen LogP contribution is -2.57. The lowest BCUT2D eigenvalue weighted by atomic mass is 9.87. The average molecular weight is 499 g/mol. The van der Waals surface area contributed by atoms with Crippen LogP contribution in [-0.2, 0) is 14.4 Å². The summed E-state index contributed by atoms with van der Waals surface area (Å²) in [5, 5.41) is 37.6. The molecule has 0 heterocycles. The Hall–Kier alpha value is -3.76. The minimum absolute atomic E-state index is 0.148. The van der Waals surface area contributed by atoms with Crippen molar-refractivity contribution >= 4 is 23.7 Å². The van der Waals surface area contributed by atoms with E-state index in [9.17, 15) is 39.6 Å². The quantitative estimate of drug-likeness (QED) is 0.321. The number of carbonyl (C=O) groups is 4. The van der Waals surface area contributed by atoms with Crippen LogP contribution in [0.3, 0.4) is 0 Å². The predicted molar refractivity (Wildman–Crippen MR) is 130 cm³/mol. The van der Waals surface area contributed by atoms with Gasteiger partial charge in [-0.3, -0.25) is 29.0 Å².